The van der Waals surface area contributed by atoms with E-state index in [1.54, 1.807) is 6.92 Å². The lowest BCUT2D eigenvalue weighted by Gasteiger charge is -2.01. The maximum atomic E-state index is 10.8. The smallest absolute Gasteiger partial charge is 0.333 e. The topological polar surface area (TPSA) is 38.8 Å². The second kappa shape index (κ2) is 8.27. The minimum Gasteiger partial charge on any atom is -0.462 e. The summed E-state index contributed by atoms with van der Waals surface area (Å²) in [6.45, 7) is 9.98. The lowest BCUT2D eigenvalue weighted by Crippen LogP contribution is -2.07. The highest BCUT2D eigenvalue weighted by Crippen LogP contribution is 2.13. The summed E-state index contributed by atoms with van der Waals surface area (Å²) in [4.78, 5) is 10.8. The Hall–Kier alpha value is -1.87. The van der Waals surface area contributed by atoms with Crippen LogP contribution in [0.2, 0.25) is 0 Å². The normalized spacial score (nSPS) is 15.7. The third-order valence-corrected chi connectivity index (χ3v) is 2.46. The molecule has 1 aromatic carbocycles. The number of rotatable bonds is 5. The van der Waals surface area contributed by atoms with E-state index in [9.17, 15) is 4.79 Å². The number of hydrogen-bond donors (Lipinski definition) is 0. The third kappa shape index (κ3) is 7.21. The minimum absolute atomic E-state index is 0.314. The molecule has 19 heavy (non-hydrogen) atoms. The number of carbonyl (C=O) groups is 1. The summed E-state index contributed by atoms with van der Waals surface area (Å²) in [7, 11) is 0. The molecule has 1 aromatic rings. The molecule has 0 aromatic heterocycles. The second-order valence-electron chi connectivity index (χ2n) is 4.28. The van der Waals surface area contributed by atoms with E-state index in [1.165, 1.54) is 5.56 Å². The Morgan fingerprint density at radius 2 is 2.11 bits per heavy atom. The fraction of sp³-hybridized carbons (Fsp3) is 0.312. The Balaban J connectivity index is 0.000000200. The van der Waals surface area contributed by atoms with Gasteiger partial charge in [0.25, 0.3) is 0 Å². The van der Waals surface area contributed by atoms with E-state index in [1.807, 2.05) is 36.4 Å². The van der Waals surface area contributed by atoms with Gasteiger partial charge < -0.3 is 9.47 Å². The van der Waals surface area contributed by atoms with E-state index >= 15 is 0 Å². The molecule has 1 atom stereocenters. The summed E-state index contributed by atoms with van der Waals surface area (Å²) in [5.74, 6) is -0.314. The first kappa shape index (κ1) is 15.2. The predicted molar refractivity (Wildman–Crippen MR) is 76.7 cm³/mol. The first-order valence-corrected chi connectivity index (χ1v) is 6.25. The SMILES string of the molecule is C=C(C)C(=O)OCCC1CO1.C=Cc1ccccc1. The van der Waals surface area contributed by atoms with E-state index in [4.69, 9.17) is 9.47 Å². The lowest BCUT2D eigenvalue weighted by molar-refractivity contribution is -0.139. The van der Waals surface area contributed by atoms with Gasteiger partial charge in [0.2, 0.25) is 0 Å². The quantitative estimate of drug-likeness (QED) is 0.463. The Labute approximate surface area is 114 Å². The molecule has 0 radical (unpaired) electrons. The second-order valence-corrected chi connectivity index (χ2v) is 4.28. The Morgan fingerprint density at radius 3 is 2.53 bits per heavy atom. The van der Waals surface area contributed by atoms with Crippen LogP contribution in [0.4, 0.5) is 0 Å². The predicted octanol–water partition coefficient (Wildman–Crippen LogP) is 3.22. The van der Waals surface area contributed by atoms with Crippen LogP contribution in [0.1, 0.15) is 18.9 Å². The number of epoxide rings is 1. The molecule has 0 bridgehead atoms. The van der Waals surface area contributed by atoms with Gasteiger partial charge in [-0.25, -0.2) is 4.79 Å². The van der Waals surface area contributed by atoms with Crippen molar-refractivity contribution in [2.24, 2.45) is 0 Å². The molecule has 102 valence electrons. The van der Waals surface area contributed by atoms with Crippen LogP contribution in [0.15, 0.2) is 49.1 Å². The van der Waals surface area contributed by atoms with E-state index in [-0.39, 0.29) is 5.97 Å². The first-order valence-electron chi connectivity index (χ1n) is 6.25. The highest BCUT2D eigenvalue weighted by atomic mass is 16.6. The van der Waals surface area contributed by atoms with Gasteiger partial charge in [0.05, 0.1) is 19.3 Å². The molecular weight excluding hydrogens is 240 g/mol. The van der Waals surface area contributed by atoms with Crippen molar-refractivity contribution >= 4 is 12.0 Å². The zero-order valence-electron chi connectivity index (χ0n) is 11.3. The molecule has 1 heterocycles. The average Bonchev–Trinajstić information content (AvgIpc) is 3.24. The zero-order chi connectivity index (χ0) is 14.1. The fourth-order valence-corrected chi connectivity index (χ4v) is 1.23. The Morgan fingerprint density at radius 1 is 1.47 bits per heavy atom. The van der Waals surface area contributed by atoms with Crippen molar-refractivity contribution < 1.29 is 14.3 Å². The van der Waals surface area contributed by atoms with Gasteiger partial charge in [-0.05, 0) is 12.5 Å². The van der Waals surface area contributed by atoms with Gasteiger partial charge in [-0.3, -0.25) is 0 Å². The van der Waals surface area contributed by atoms with Gasteiger partial charge >= 0.3 is 5.97 Å². The van der Waals surface area contributed by atoms with E-state index < -0.39 is 0 Å². The molecule has 1 fully saturated rings. The van der Waals surface area contributed by atoms with Crippen LogP contribution in [0.5, 0.6) is 0 Å². The Bertz CT molecular complexity index is 419. The number of esters is 1. The van der Waals surface area contributed by atoms with Crippen LogP contribution in [-0.2, 0) is 14.3 Å². The van der Waals surface area contributed by atoms with Gasteiger partial charge in [-0.2, -0.15) is 0 Å². The molecule has 0 aliphatic carbocycles. The molecule has 1 aliphatic heterocycles. The molecule has 0 saturated carbocycles. The molecule has 2 rings (SSSR count). The van der Waals surface area contributed by atoms with Crippen LogP contribution in [0, 0.1) is 0 Å². The highest BCUT2D eigenvalue weighted by molar-refractivity contribution is 5.86. The molecule has 0 spiro atoms. The highest BCUT2D eigenvalue weighted by Gasteiger charge is 2.22. The van der Waals surface area contributed by atoms with Gasteiger partial charge in [-0.1, -0.05) is 49.6 Å². The zero-order valence-corrected chi connectivity index (χ0v) is 11.3. The molecule has 1 aliphatic rings. The average molecular weight is 260 g/mol. The number of carbonyl (C=O) groups excluding carboxylic acids is 1. The monoisotopic (exact) mass is 260 g/mol. The molecular formula is C16H20O3. The van der Waals surface area contributed by atoms with Crippen LogP contribution < -0.4 is 0 Å². The van der Waals surface area contributed by atoms with E-state index in [2.05, 4.69) is 13.2 Å². The first-order chi connectivity index (χ1) is 9.13. The molecule has 3 heteroatoms. The molecule has 0 N–H and O–H groups in total. The molecule has 1 saturated heterocycles. The van der Waals surface area contributed by atoms with Crippen molar-refractivity contribution in [1.82, 2.24) is 0 Å². The van der Waals surface area contributed by atoms with Gasteiger partial charge in [0.1, 0.15) is 0 Å². The van der Waals surface area contributed by atoms with Crippen molar-refractivity contribution in [2.45, 2.75) is 19.4 Å². The third-order valence-electron chi connectivity index (χ3n) is 2.46. The van der Waals surface area contributed by atoms with Crippen LogP contribution in [0.25, 0.3) is 6.08 Å². The maximum Gasteiger partial charge on any atom is 0.333 e. The van der Waals surface area contributed by atoms with Crippen molar-refractivity contribution in [1.29, 1.82) is 0 Å². The standard InChI is InChI=1S/C8H12O3.C8H8/c1-6(2)8(9)10-4-3-7-5-11-7;1-2-8-6-4-3-5-7-8/h7H,1,3-5H2,2H3;2-7H,1H2. The lowest BCUT2D eigenvalue weighted by atomic mass is 10.2. The van der Waals surface area contributed by atoms with Crippen molar-refractivity contribution in [2.75, 3.05) is 13.2 Å². The Kier molecular flexibility index (Phi) is 6.61. The maximum absolute atomic E-state index is 10.8. The number of ether oxygens (including phenoxy) is 2. The summed E-state index contributed by atoms with van der Waals surface area (Å²) >= 11 is 0. The fourth-order valence-electron chi connectivity index (χ4n) is 1.23. The van der Waals surface area contributed by atoms with E-state index in [0.29, 0.717) is 18.3 Å². The minimum atomic E-state index is -0.314. The molecule has 1 unspecified atom stereocenters. The van der Waals surface area contributed by atoms with E-state index in [0.717, 1.165) is 13.0 Å². The summed E-state index contributed by atoms with van der Waals surface area (Å²) < 4.78 is 9.77. The van der Waals surface area contributed by atoms with Crippen LogP contribution >= 0.6 is 0 Å². The van der Waals surface area contributed by atoms with Gasteiger partial charge in [0.15, 0.2) is 0 Å². The van der Waals surface area contributed by atoms with Gasteiger partial charge in [0, 0.05) is 12.0 Å². The summed E-state index contributed by atoms with van der Waals surface area (Å²) in [5, 5.41) is 0. The summed E-state index contributed by atoms with van der Waals surface area (Å²) in [6, 6.07) is 10.0. The van der Waals surface area contributed by atoms with Crippen LogP contribution in [-0.4, -0.2) is 25.3 Å². The van der Waals surface area contributed by atoms with Crippen molar-refractivity contribution in [3.05, 3.63) is 54.6 Å². The largest absolute Gasteiger partial charge is 0.462 e. The summed E-state index contributed by atoms with van der Waals surface area (Å²) in [5.41, 5.74) is 1.62. The number of benzene rings is 1. The molecule has 0 amide bonds. The van der Waals surface area contributed by atoms with Gasteiger partial charge in [-0.15, -0.1) is 0 Å². The molecule has 3 nitrogen and oxygen atoms in total. The summed E-state index contributed by atoms with van der Waals surface area (Å²) in [6.07, 6.45) is 2.96. The van der Waals surface area contributed by atoms with Crippen molar-refractivity contribution in [3.8, 4) is 0 Å². The van der Waals surface area contributed by atoms with Crippen LogP contribution in [0.3, 0.4) is 0 Å². The number of hydrogen-bond acceptors (Lipinski definition) is 3. The van der Waals surface area contributed by atoms with Crippen molar-refractivity contribution in [3.63, 3.8) is 0 Å².